The largest absolute Gasteiger partial charge is 0.260 e. The molecule has 0 aliphatic heterocycles. The molecule has 0 radical (unpaired) electrons. The number of hydrogen-bond acceptors (Lipinski definition) is 10. The molecule has 0 bridgehead atoms. The molecule has 12 nitrogen and oxygen atoms in total. The molecule has 2 heterocycles. The SMILES string of the molecule is N#CNc1nnnn1-c1ccc(-n2nnnc2NC#N)cc1. The standard InChI is InChI=1S/C10H6N12/c11-5-13-9-15-17-19-21(9)7-1-2-8(4-3-7)22-10(14-6-12)16-18-20-22/h1-4H,(H,13,15,19)(H,14,16,20). The summed E-state index contributed by atoms with van der Waals surface area (Å²) in [6, 6.07) is 6.86. The lowest BCUT2D eigenvalue weighted by molar-refractivity contribution is 0.782. The number of nitrogens with zero attached hydrogens (tertiary/aromatic N) is 10. The first-order valence-corrected chi connectivity index (χ1v) is 5.81. The molecule has 3 aromatic rings. The third-order valence-electron chi connectivity index (χ3n) is 2.61. The molecule has 0 unspecified atom stereocenters. The van der Waals surface area contributed by atoms with E-state index in [0.717, 1.165) is 0 Å². The van der Waals surface area contributed by atoms with Gasteiger partial charge in [0.25, 0.3) is 11.9 Å². The van der Waals surface area contributed by atoms with Crippen LogP contribution in [0.4, 0.5) is 11.9 Å². The van der Waals surface area contributed by atoms with E-state index in [-0.39, 0.29) is 11.9 Å². The lowest BCUT2D eigenvalue weighted by Crippen LogP contribution is -2.05. The van der Waals surface area contributed by atoms with Gasteiger partial charge in [-0.15, -0.1) is 0 Å². The highest BCUT2D eigenvalue weighted by Crippen LogP contribution is 2.16. The Morgan fingerprint density at radius 3 is 1.55 bits per heavy atom. The Bertz CT molecular complexity index is 787. The summed E-state index contributed by atoms with van der Waals surface area (Å²) in [6.07, 6.45) is 3.51. The van der Waals surface area contributed by atoms with Crippen LogP contribution in [-0.2, 0) is 0 Å². The van der Waals surface area contributed by atoms with Crippen LogP contribution in [0, 0.1) is 22.9 Å². The fraction of sp³-hybridized carbons (Fsp3) is 0. The summed E-state index contributed by atoms with van der Waals surface area (Å²) in [4.78, 5) is 0. The van der Waals surface area contributed by atoms with Crippen molar-refractivity contribution in [3.8, 4) is 23.8 Å². The lowest BCUT2D eigenvalue weighted by Gasteiger charge is -2.05. The third kappa shape index (κ3) is 2.23. The number of anilines is 2. The molecule has 0 saturated carbocycles. The maximum atomic E-state index is 8.63. The number of hydrogen-bond donors (Lipinski definition) is 2. The summed E-state index contributed by atoms with van der Waals surface area (Å²) in [5.41, 5.74) is 1.27. The van der Waals surface area contributed by atoms with Crippen LogP contribution in [0.2, 0.25) is 0 Å². The maximum absolute atomic E-state index is 8.63. The van der Waals surface area contributed by atoms with Gasteiger partial charge in [0, 0.05) is 0 Å². The average Bonchev–Trinajstić information content (AvgIpc) is 3.18. The Morgan fingerprint density at radius 2 is 1.18 bits per heavy atom. The van der Waals surface area contributed by atoms with Crippen molar-refractivity contribution in [2.45, 2.75) is 0 Å². The molecule has 0 amide bonds. The molecule has 0 aliphatic rings. The van der Waals surface area contributed by atoms with Gasteiger partial charge in [0.2, 0.25) is 0 Å². The summed E-state index contributed by atoms with van der Waals surface area (Å²) >= 11 is 0. The minimum Gasteiger partial charge on any atom is -0.259 e. The normalized spacial score (nSPS) is 9.73. The molecule has 0 atom stereocenters. The van der Waals surface area contributed by atoms with Crippen molar-refractivity contribution in [2.24, 2.45) is 0 Å². The molecule has 0 spiro atoms. The van der Waals surface area contributed by atoms with Crippen LogP contribution in [0.3, 0.4) is 0 Å². The Morgan fingerprint density at radius 1 is 0.773 bits per heavy atom. The smallest absolute Gasteiger partial charge is 0.259 e. The van der Waals surface area contributed by atoms with Gasteiger partial charge < -0.3 is 0 Å². The minimum absolute atomic E-state index is 0.199. The van der Waals surface area contributed by atoms with Gasteiger partial charge in [-0.2, -0.15) is 19.9 Å². The van der Waals surface area contributed by atoms with E-state index < -0.39 is 0 Å². The van der Waals surface area contributed by atoms with Gasteiger partial charge in [-0.05, 0) is 45.1 Å². The Labute approximate surface area is 122 Å². The monoisotopic (exact) mass is 294 g/mol. The molecule has 12 heteroatoms. The van der Waals surface area contributed by atoms with Crippen LogP contribution in [-0.4, -0.2) is 40.4 Å². The van der Waals surface area contributed by atoms with Crippen LogP contribution in [0.1, 0.15) is 0 Å². The van der Waals surface area contributed by atoms with E-state index in [9.17, 15) is 0 Å². The minimum atomic E-state index is 0.199. The molecule has 22 heavy (non-hydrogen) atoms. The van der Waals surface area contributed by atoms with Crippen LogP contribution in [0.5, 0.6) is 0 Å². The molecular formula is C10H6N12. The second-order valence-electron chi connectivity index (χ2n) is 3.82. The number of nitrogens with one attached hydrogen (secondary N) is 2. The van der Waals surface area contributed by atoms with Crippen molar-refractivity contribution >= 4 is 11.9 Å². The van der Waals surface area contributed by atoms with Gasteiger partial charge in [0.1, 0.15) is 0 Å². The van der Waals surface area contributed by atoms with Crippen molar-refractivity contribution in [2.75, 3.05) is 10.6 Å². The number of tetrazole rings is 2. The van der Waals surface area contributed by atoms with Gasteiger partial charge >= 0.3 is 0 Å². The molecule has 2 N–H and O–H groups in total. The van der Waals surface area contributed by atoms with Gasteiger partial charge in [-0.25, -0.2) is 0 Å². The lowest BCUT2D eigenvalue weighted by atomic mass is 10.3. The third-order valence-corrected chi connectivity index (χ3v) is 2.61. The molecule has 0 aliphatic carbocycles. The van der Waals surface area contributed by atoms with E-state index in [1.165, 1.54) is 9.36 Å². The summed E-state index contributed by atoms with van der Waals surface area (Å²) in [5, 5.41) is 43.9. The van der Waals surface area contributed by atoms with Crippen LogP contribution < -0.4 is 10.6 Å². The fourth-order valence-corrected chi connectivity index (χ4v) is 1.71. The second-order valence-corrected chi connectivity index (χ2v) is 3.82. The van der Waals surface area contributed by atoms with Gasteiger partial charge in [0.15, 0.2) is 12.4 Å². The van der Waals surface area contributed by atoms with Crippen molar-refractivity contribution in [1.82, 2.24) is 40.4 Å². The molecule has 0 saturated heterocycles. The van der Waals surface area contributed by atoms with E-state index in [1.54, 1.807) is 36.7 Å². The molecule has 1 aromatic carbocycles. The predicted molar refractivity (Wildman–Crippen MR) is 70.3 cm³/mol. The van der Waals surface area contributed by atoms with Crippen molar-refractivity contribution < 1.29 is 0 Å². The Kier molecular flexibility index (Phi) is 3.24. The first-order chi connectivity index (χ1) is 10.8. The highest BCUT2D eigenvalue weighted by Gasteiger charge is 2.10. The van der Waals surface area contributed by atoms with Crippen molar-refractivity contribution in [3.05, 3.63) is 24.3 Å². The van der Waals surface area contributed by atoms with E-state index in [1.807, 2.05) is 0 Å². The van der Waals surface area contributed by atoms with E-state index in [4.69, 9.17) is 10.5 Å². The predicted octanol–water partition coefficient (Wildman–Crippen LogP) is -0.576. The maximum Gasteiger partial charge on any atom is 0.260 e. The summed E-state index contributed by atoms with van der Waals surface area (Å²) in [7, 11) is 0. The highest BCUT2D eigenvalue weighted by molar-refractivity contribution is 5.47. The highest BCUT2D eigenvalue weighted by atomic mass is 15.6. The van der Waals surface area contributed by atoms with E-state index >= 15 is 0 Å². The van der Waals surface area contributed by atoms with Crippen LogP contribution in [0.25, 0.3) is 11.4 Å². The molecule has 106 valence electrons. The van der Waals surface area contributed by atoms with E-state index in [0.29, 0.717) is 11.4 Å². The number of nitriles is 2. The zero-order valence-corrected chi connectivity index (χ0v) is 10.8. The molecule has 0 fully saturated rings. The first-order valence-electron chi connectivity index (χ1n) is 5.81. The Balaban J connectivity index is 1.93. The van der Waals surface area contributed by atoms with Gasteiger partial charge in [-0.1, -0.05) is 10.2 Å². The van der Waals surface area contributed by atoms with Crippen LogP contribution >= 0.6 is 0 Å². The number of benzene rings is 1. The van der Waals surface area contributed by atoms with Crippen molar-refractivity contribution in [1.29, 1.82) is 10.5 Å². The molecule has 3 rings (SSSR count). The Hall–Kier alpha value is -4.06. The fourth-order valence-electron chi connectivity index (χ4n) is 1.71. The van der Waals surface area contributed by atoms with Gasteiger partial charge in [-0.3, -0.25) is 10.6 Å². The second kappa shape index (κ2) is 5.51. The van der Waals surface area contributed by atoms with Crippen LogP contribution in [0.15, 0.2) is 24.3 Å². The number of aromatic nitrogens is 8. The number of rotatable bonds is 4. The summed E-state index contributed by atoms with van der Waals surface area (Å²) < 4.78 is 2.72. The van der Waals surface area contributed by atoms with E-state index in [2.05, 4.69) is 41.7 Å². The van der Waals surface area contributed by atoms with Crippen molar-refractivity contribution in [3.63, 3.8) is 0 Å². The quantitative estimate of drug-likeness (QED) is 0.470. The topological polar surface area (TPSA) is 159 Å². The molecule has 2 aromatic heterocycles. The summed E-state index contributed by atoms with van der Waals surface area (Å²) in [5.74, 6) is 0.397. The van der Waals surface area contributed by atoms with Gasteiger partial charge in [0.05, 0.1) is 11.4 Å². The summed E-state index contributed by atoms with van der Waals surface area (Å²) in [6.45, 7) is 0. The zero-order chi connectivity index (χ0) is 15.4. The average molecular weight is 294 g/mol. The zero-order valence-electron chi connectivity index (χ0n) is 10.8. The molecular weight excluding hydrogens is 288 g/mol. The first kappa shape index (κ1) is 12.9.